The van der Waals surface area contributed by atoms with E-state index < -0.39 is 0 Å². The highest BCUT2D eigenvalue weighted by molar-refractivity contribution is 7.16. The van der Waals surface area contributed by atoms with Crippen LogP contribution in [0.1, 0.15) is 35.7 Å². The van der Waals surface area contributed by atoms with Crippen LogP contribution in [0.2, 0.25) is 0 Å². The van der Waals surface area contributed by atoms with E-state index in [4.69, 9.17) is 4.52 Å². The van der Waals surface area contributed by atoms with E-state index in [1.807, 2.05) is 17.5 Å². The summed E-state index contributed by atoms with van der Waals surface area (Å²) in [5.74, 6) is 0.311. The Labute approximate surface area is 134 Å². The fourth-order valence-corrected chi connectivity index (χ4v) is 3.50. The maximum Gasteiger partial charge on any atom is 0.273 e. The summed E-state index contributed by atoms with van der Waals surface area (Å²) >= 11 is 2.80. The third kappa shape index (κ3) is 3.15. The van der Waals surface area contributed by atoms with E-state index in [0.29, 0.717) is 17.2 Å². The van der Waals surface area contributed by atoms with Crippen LogP contribution in [-0.4, -0.2) is 16.8 Å². The molecule has 0 unspecified atom stereocenters. The minimum Gasteiger partial charge on any atom is -0.361 e. The number of nitrogens with one attached hydrogen (secondary N) is 1. The molecule has 7 heteroatoms. The predicted octanol–water partition coefficient (Wildman–Crippen LogP) is 3.27. The fourth-order valence-electron chi connectivity index (χ4n) is 1.86. The first-order chi connectivity index (χ1) is 10.6. The Morgan fingerprint density at radius 3 is 2.82 bits per heavy atom. The highest BCUT2D eigenvalue weighted by atomic mass is 32.1. The van der Waals surface area contributed by atoms with Gasteiger partial charge in [-0.15, -0.1) is 22.7 Å². The zero-order chi connectivity index (χ0) is 15.5. The molecule has 0 spiro atoms. The Bertz CT molecular complexity index is 802. The molecule has 3 aromatic rings. The van der Waals surface area contributed by atoms with E-state index in [-0.39, 0.29) is 17.4 Å². The van der Waals surface area contributed by atoms with Gasteiger partial charge >= 0.3 is 0 Å². The number of thiophene rings is 2. The van der Waals surface area contributed by atoms with Gasteiger partial charge in [-0.25, -0.2) is 0 Å². The van der Waals surface area contributed by atoms with Crippen molar-refractivity contribution >= 4 is 34.4 Å². The van der Waals surface area contributed by atoms with Crippen molar-refractivity contribution in [3.05, 3.63) is 61.8 Å². The summed E-state index contributed by atoms with van der Waals surface area (Å²) < 4.78 is 4.86. The van der Waals surface area contributed by atoms with Gasteiger partial charge in [-0.3, -0.25) is 9.59 Å². The van der Waals surface area contributed by atoms with Crippen molar-refractivity contribution in [2.75, 3.05) is 0 Å². The number of ketones is 1. The van der Waals surface area contributed by atoms with E-state index in [2.05, 4.69) is 10.5 Å². The lowest BCUT2D eigenvalue weighted by molar-refractivity contribution is 0.0941. The van der Waals surface area contributed by atoms with Gasteiger partial charge in [-0.05, 0) is 30.5 Å². The molecule has 3 heterocycles. The molecule has 0 radical (unpaired) electrons. The summed E-state index contributed by atoms with van der Waals surface area (Å²) in [7, 11) is 0. The summed E-state index contributed by atoms with van der Waals surface area (Å²) in [5, 5.41) is 8.29. The molecule has 0 saturated heterocycles. The Balaban J connectivity index is 1.62. The number of aryl methyl sites for hydroxylation is 1. The molecule has 5 nitrogen and oxygen atoms in total. The number of carbonyl (C=O) groups excluding carboxylic acids is 2. The van der Waals surface area contributed by atoms with Crippen molar-refractivity contribution in [2.24, 2.45) is 0 Å². The average molecular weight is 332 g/mol. The van der Waals surface area contributed by atoms with Crippen LogP contribution in [0, 0.1) is 6.92 Å². The Morgan fingerprint density at radius 1 is 1.27 bits per heavy atom. The van der Waals surface area contributed by atoms with Gasteiger partial charge in [0.2, 0.25) is 5.78 Å². The summed E-state index contributed by atoms with van der Waals surface area (Å²) in [5.41, 5.74) is 0.254. The first kappa shape index (κ1) is 14.7. The molecular formula is C15H12N2O3S2. The van der Waals surface area contributed by atoms with Crippen LogP contribution in [-0.2, 0) is 6.54 Å². The maximum absolute atomic E-state index is 12.2. The molecule has 0 saturated carbocycles. The molecule has 0 aliphatic heterocycles. The van der Waals surface area contributed by atoms with Crippen molar-refractivity contribution in [2.45, 2.75) is 13.5 Å². The quantitative estimate of drug-likeness (QED) is 0.728. The van der Waals surface area contributed by atoms with Crippen LogP contribution in [0.25, 0.3) is 0 Å². The van der Waals surface area contributed by atoms with Crippen molar-refractivity contribution in [3.63, 3.8) is 0 Å². The lowest BCUT2D eigenvalue weighted by atomic mass is 10.3. The monoisotopic (exact) mass is 332 g/mol. The summed E-state index contributed by atoms with van der Waals surface area (Å²) in [6, 6.07) is 8.87. The second kappa shape index (κ2) is 6.25. The zero-order valence-corrected chi connectivity index (χ0v) is 13.3. The lowest BCUT2D eigenvalue weighted by Gasteiger charge is -1.99. The summed E-state index contributed by atoms with van der Waals surface area (Å²) in [6.07, 6.45) is 0. The molecule has 3 aromatic heterocycles. The highest BCUT2D eigenvalue weighted by Gasteiger charge is 2.14. The van der Waals surface area contributed by atoms with Crippen LogP contribution < -0.4 is 5.32 Å². The van der Waals surface area contributed by atoms with Crippen molar-refractivity contribution in [3.8, 4) is 0 Å². The highest BCUT2D eigenvalue weighted by Crippen LogP contribution is 2.22. The topological polar surface area (TPSA) is 72.2 Å². The first-order valence-corrected chi connectivity index (χ1v) is 8.21. The van der Waals surface area contributed by atoms with Gasteiger partial charge in [0.25, 0.3) is 5.91 Å². The number of hydrogen-bond donors (Lipinski definition) is 1. The second-order valence-electron chi connectivity index (χ2n) is 4.58. The third-order valence-corrected chi connectivity index (χ3v) is 4.87. The molecule has 0 bridgehead atoms. The lowest BCUT2D eigenvalue weighted by Crippen LogP contribution is -2.22. The van der Waals surface area contributed by atoms with Crippen LogP contribution in [0.4, 0.5) is 0 Å². The summed E-state index contributed by atoms with van der Waals surface area (Å²) in [4.78, 5) is 26.4. The van der Waals surface area contributed by atoms with E-state index in [9.17, 15) is 9.59 Å². The second-order valence-corrected chi connectivity index (χ2v) is 6.69. The number of carbonyl (C=O) groups is 2. The number of amides is 1. The van der Waals surface area contributed by atoms with Crippen LogP contribution in [0.15, 0.2) is 40.2 Å². The van der Waals surface area contributed by atoms with Gasteiger partial charge in [0.15, 0.2) is 5.69 Å². The van der Waals surface area contributed by atoms with E-state index >= 15 is 0 Å². The third-order valence-electron chi connectivity index (χ3n) is 2.91. The largest absolute Gasteiger partial charge is 0.361 e. The fraction of sp³-hybridized carbons (Fsp3) is 0.133. The molecule has 1 N–H and O–H groups in total. The van der Waals surface area contributed by atoms with Gasteiger partial charge in [-0.2, -0.15) is 0 Å². The molecule has 0 atom stereocenters. The van der Waals surface area contributed by atoms with E-state index in [1.54, 1.807) is 25.1 Å². The molecule has 0 aliphatic rings. The van der Waals surface area contributed by atoms with Gasteiger partial charge in [0.05, 0.1) is 16.3 Å². The van der Waals surface area contributed by atoms with E-state index in [1.165, 1.54) is 22.7 Å². The normalized spacial score (nSPS) is 10.6. The van der Waals surface area contributed by atoms with Gasteiger partial charge in [0, 0.05) is 10.9 Å². The van der Waals surface area contributed by atoms with Gasteiger partial charge < -0.3 is 9.84 Å². The molecule has 3 rings (SSSR count). The van der Waals surface area contributed by atoms with Crippen molar-refractivity contribution < 1.29 is 14.1 Å². The van der Waals surface area contributed by atoms with Gasteiger partial charge in [0.1, 0.15) is 5.76 Å². The molecule has 0 aliphatic carbocycles. The van der Waals surface area contributed by atoms with Crippen LogP contribution in [0.5, 0.6) is 0 Å². The van der Waals surface area contributed by atoms with E-state index in [0.717, 1.165) is 9.75 Å². The Kier molecular flexibility index (Phi) is 4.17. The smallest absolute Gasteiger partial charge is 0.273 e. The minimum absolute atomic E-state index is 0.0182. The Hall–Kier alpha value is -2.25. The molecular weight excluding hydrogens is 320 g/mol. The van der Waals surface area contributed by atoms with Gasteiger partial charge in [-0.1, -0.05) is 11.2 Å². The van der Waals surface area contributed by atoms with Crippen LogP contribution >= 0.6 is 22.7 Å². The molecule has 0 fully saturated rings. The summed E-state index contributed by atoms with van der Waals surface area (Å²) in [6.45, 7) is 2.08. The molecule has 112 valence electrons. The zero-order valence-electron chi connectivity index (χ0n) is 11.7. The SMILES string of the molecule is Cc1cc(C(=O)NCc2ccc(C(=O)c3cccs3)s2)no1. The first-order valence-electron chi connectivity index (χ1n) is 6.52. The maximum atomic E-state index is 12.2. The minimum atomic E-state index is -0.295. The average Bonchev–Trinajstić information content (AvgIpc) is 3.25. The van der Waals surface area contributed by atoms with Crippen LogP contribution in [0.3, 0.4) is 0 Å². The predicted molar refractivity (Wildman–Crippen MR) is 84.5 cm³/mol. The molecule has 0 aromatic carbocycles. The number of hydrogen-bond acceptors (Lipinski definition) is 6. The van der Waals surface area contributed by atoms with Crippen molar-refractivity contribution in [1.82, 2.24) is 10.5 Å². The molecule has 22 heavy (non-hydrogen) atoms. The number of rotatable bonds is 5. The Morgan fingerprint density at radius 2 is 2.14 bits per heavy atom. The number of aromatic nitrogens is 1. The molecule has 1 amide bonds. The standard InChI is InChI=1S/C15H12N2O3S2/c1-9-7-11(17-20-9)15(19)16-8-10-4-5-13(22-10)14(18)12-3-2-6-21-12/h2-7H,8H2,1H3,(H,16,19). The number of nitrogens with zero attached hydrogens (tertiary/aromatic N) is 1. The van der Waals surface area contributed by atoms with Crippen molar-refractivity contribution in [1.29, 1.82) is 0 Å².